The maximum atomic E-state index is 5.83. The van der Waals surface area contributed by atoms with Crippen LogP contribution in [0.2, 0.25) is 0 Å². The zero-order valence-corrected chi connectivity index (χ0v) is 11.3. The van der Waals surface area contributed by atoms with Gasteiger partial charge in [-0.2, -0.15) is 0 Å². The molecule has 1 aromatic rings. The Kier molecular flexibility index (Phi) is 4.09. The zero-order chi connectivity index (χ0) is 13.1. The van der Waals surface area contributed by atoms with E-state index in [4.69, 9.17) is 15.2 Å². The molecule has 1 heterocycles. The lowest BCUT2D eigenvalue weighted by Gasteiger charge is -2.30. The molecule has 0 radical (unpaired) electrons. The van der Waals surface area contributed by atoms with Crippen molar-refractivity contribution in [2.24, 2.45) is 11.7 Å². The molecule has 1 atom stereocenters. The SMILES string of the molecule is CC(C)C(CN)N(C)Cc1ccc2c(c1)OCO2. The van der Waals surface area contributed by atoms with Gasteiger partial charge in [0.05, 0.1) is 0 Å². The second-order valence-corrected chi connectivity index (χ2v) is 5.15. The van der Waals surface area contributed by atoms with Crippen molar-refractivity contribution in [2.45, 2.75) is 26.4 Å². The first kappa shape index (κ1) is 13.2. The molecule has 4 heteroatoms. The Balaban J connectivity index is 2.05. The largest absolute Gasteiger partial charge is 0.454 e. The summed E-state index contributed by atoms with van der Waals surface area (Å²) in [6.07, 6.45) is 0. The van der Waals surface area contributed by atoms with Crippen molar-refractivity contribution in [3.63, 3.8) is 0 Å². The van der Waals surface area contributed by atoms with Gasteiger partial charge in [-0.05, 0) is 30.7 Å². The molecule has 0 saturated heterocycles. The number of rotatable bonds is 5. The van der Waals surface area contributed by atoms with Gasteiger partial charge in [0, 0.05) is 19.1 Å². The highest BCUT2D eigenvalue weighted by Gasteiger charge is 2.18. The Morgan fingerprint density at radius 1 is 1.28 bits per heavy atom. The number of fused-ring (bicyclic) bond motifs is 1. The number of likely N-dealkylation sites (N-methyl/N-ethyl adjacent to an activating group) is 1. The summed E-state index contributed by atoms with van der Waals surface area (Å²) in [5, 5.41) is 0. The van der Waals surface area contributed by atoms with E-state index in [2.05, 4.69) is 31.9 Å². The van der Waals surface area contributed by atoms with E-state index in [0.29, 0.717) is 25.3 Å². The number of hydrogen-bond donors (Lipinski definition) is 1. The van der Waals surface area contributed by atoms with Crippen molar-refractivity contribution in [1.29, 1.82) is 0 Å². The van der Waals surface area contributed by atoms with Crippen LogP contribution < -0.4 is 15.2 Å². The van der Waals surface area contributed by atoms with Gasteiger partial charge in [0.2, 0.25) is 6.79 Å². The van der Waals surface area contributed by atoms with Gasteiger partial charge in [0.1, 0.15) is 0 Å². The molecule has 2 rings (SSSR count). The second-order valence-electron chi connectivity index (χ2n) is 5.15. The van der Waals surface area contributed by atoms with Crippen LogP contribution in [0.3, 0.4) is 0 Å². The van der Waals surface area contributed by atoms with Gasteiger partial charge in [-0.3, -0.25) is 4.90 Å². The molecule has 0 amide bonds. The van der Waals surface area contributed by atoms with E-state index in [1.165, 1.54) is 5.56 Å². The molecule has 0 aromatic heterocycles. The molecule has 0 spiro atoms. The summed E-state index contributed by atoms with van der Waals surface area (Å²) in [5.74, 6) is 2.23. The van der Waals surface area contributed by atoms with Crippen LogP contribution in [0.15, 0.2) is 18.2 Å². The normalized spacial score (nSPS) is 15.4. The number of nitrogens with two attached hydrogens (primary N) is 1. The number of nitrogens with zero attached hydrogens (tertiary/aromatic N) is 1. The maximum Gasteiger partial charge on any atom is 0.231 e. The quantitative estimate of drug-likeness (QED) is 0.866. The Morgan fingerprint density at radius 3 is 2.67 bits per heavy atom. The fourth-order valence-electron chi connectivity index (χ4n) is 2.41. The highest BCUT2D eigenvalue weighted by molar-refractivity contribution is 5.44. The van der Waals surface area contributed by atoms with E-state index < -0.39 is 0 Å². The number of benzene rings is 1. The smallest absolute Gasteiger partial charge is 0.231 e. The molecule has 0 aliphatic carbocycles. The van der Waals surface area contributed by atoms with E-state index in [-0.39, 0.29) is 0 Å². The first-order chi connectivity index (χ1) is 8.61. The number of ether oxygens (including phenoxy) is 2. The third-order valence-electron chi connectivity index (χ3n) is 3.45. The summed E-state index contributed by atoms with van der Waals surface area (Å²) in [5.41, 5.74) is 7.06. The average Bonchev–Trinajstić information content (AvgIpc) is 2.76. The molecule has 1 aromatic carbocycles. The Bertz CT molecular complexity index is 407. The minimum Gasteiger partial charge on any atom is -0.454 e. The number of hydrogen-bond acceptors (Lipinski definition) is 4. The van der Waals surface area contributed by atoms with E-state index in [1.807, 2.05) is 12.1 Å². The van der Waals surface area contributed by atoms with Crippen LogP contribution in [0.4, 0.5) is 0 Å². The lowest BCUT2D eigenvalue weighted by atomic mass is 10.0. The van der Waals surface area contributed by atoms with Crippen LogP contribution in [0.25, 0.3) is 0 Å². The van der Waals surface area contributed by atoms with Crippen molar-refractivity contribution in [3.05, 3.63) is 23.8 Å². The maximum absolute atomic E-state index is 5.83. The molecule has 0 saturated carbocycles. The van der Waals surface area contributed by atoms with Crippen molar-refractivity contribution in [1.82, 2.24) is 4.90 Å². The third kappa shape index (κ3) is 2.76. The zero-order valence-electron chi connectivity index (χ0n) is 11.3. The first-order valence-electron chi connectivity index (χ1n) is 6.40. The summed E-state index contributed by atoms with van der Waals surface area (Å²) in [4.78, 5) is 2.29. The van der Waals surface area contributed by atoms with Crippen LogP contribution in [-0.4, -0.2) is 31.3 Å². The molecule has 0 fully saturated rings. The van der Waals surface area contributed by atoms with Crippen molar-refractivity contribution >= 4 is 0 Å². The van der Waals surface area contributed by atoms with E-state index >= 15 is 0 Å². The van der Waals surface area contributed by atoms with Gasteiger partial charge < -0.3 is 15.2 Å². The predicted octanol–water partition coefficient (Wildman–Crippen LogP) is 1.83. The summed E-state index contributed by atoms with van der Waals surface area (Å²) in [7, 11) is 2.11. The van der Waals surface area contributed by atoms with Gasteiger partial charge in [-0.15, -0.1) is 0 Å². The van der Waals surface area contributed by atoms with E-state index in [0.717, 1.165) is 18.0 Å². The highest BCUT2D eigenvalue weighted by atomic mass is 16.7. The van der Waals surface area contributed by atoms with Crippen LogP contribution >= 0.6 is 0 Å². The molecule has 100 valence electrons. The van der Waals surface area contributed by atoms with E-state index in [9.17, 15) is 0 Å². The van der Waals surface area contributed by atoms with Crippen LogP contribution in [-0.2, 0) is 6.54 Å². The summed E-state index contributed by atoms with van der Waals surface area (Å²) in [6, 6.07) is 6.50. The molecular weight excluding hydrogens is 228 g/mol. The minimum atomic E-state index is 0.325. The van der Waals surface area contributed by atoms with Gasteiger partial charge in [-0.1, -0.05) is 19.9 Å². The van der Waals surface area contributed by atoms with Crippen LogP contribution in [0.5, 0.6) is 11.5 Å². The fraction of sp³-hybridized carbons (Fsp3) is 0.571. The summed E-state index contributed by atoms with van der Waals surface area (Å²) >= 11 is 0. The van der Waals surface area contributed by atoms with Crippen LogP contribution in [0, 0.1) is 5.92 Å². The predicted molar refractivity (Wildman–Crippen MR) is 71.7 cm³/mol. The summed E-state index contributed by atoms with van der Waals surface area (Å²) in [6.45, 7) is 6.28. The standard InChI is InChI=1S/C14H22N2O2/c1-10(2)12(7-15)16(3)8-11-4-5-13-14(6-11)18-9-17-13/h4-6,10,12H,7-9,15H2,1-3H3. The average molecular weight is 250 g/mol. The Morgan fingerprint density at radius 2 is 2.00 bits per heavy atom. The van der Waals surface area contributed by atoms with Crippen molar-refractivity contribution < 1.29 is 9.47 Å². The van der Waals surface area contributed by atoms with Crippen LogP contribution in [0.1, 0.15) is 19.4 Å². The lowest BCUT2D eigenvalue weighted by Crippen LogP contribution is -2.41. The topological polar surface area (TPSA) is 47.7 Å². The van der Waals surface area contributed by atoms with E-state index in [1.54, 1.807) is 0 Å². The summed E-state index contributed by atoms with van der Waals surface area (Å²) < 4.78 is 10.7. The van der Waals surface area contributed by atoms with Crippen molar-refractivity contribution in [2.75, 3.05) is 20.4 Å². The molecule has 0 bridgehead atoms. The molecule has 18 heavy (non-hydrogen) atoms. The van der Waals surface area contributed by atoms with Gasteiger partial charge in [-0.25, -0.2) is 0 Å². The monoisotopic (exact) mass is 250 g/mol. The molecule has 2 N–H and O–H groups in total. The molecule has 1 aliphatic rings. The Hall–Kier alpha value is -1.26. The van der Waals surface area contributed by atoms with Crippen molar-refractivity contribution in [3.8, 4) is 11.5 Å². The second kappa shape index (κ2) is 5.59. The molecule has 4 nitrogen and oxygen atoms in total. The molecule has 1 unspecified atom stereocenters. The van der Waals surface area contributed by atoms with Gasteiger partial charge in [0.25, 0.3) is 0 Å². The first-order valence-corrected chi connectivity index (χ1v) is 6.40. The lowest BCUT2D eigenvalue weighted by molar-refractivity contribution is 0.173. The Labute approximate surface area is 109 Å². The minimum absolute atomic E-state index is 0.325. The van der Waals surface area contributed by atoms with Gasteiger partial charge >= 0.3 is 0 Å². The molecular formula is C14H22N2O2. The molecule has 1 aliphatic heterocycles. The fourth-order valence-corrected chi connectivity index (χ4v) is 2.41. The van der Waals surface area contributed by atoms with Gasteiger partial charge in [0.15, 0.2) is 11.5 Å². The third-order valence-corrected chi connectivity index (χ3v) is 3.45. The highest BCUT2D eigenvalue weighted by Crippen LogP contribution is 2.32.